The topological polar surface area (TPSA) is 0 Å². The van der Waals surface area contributed by atoms with Gasteiger partial charge in [0.25, 0.3) is 0 Å². The zero-order valence-electron chi connectivity index (χ0n) is 12.0. The molecule has 15 heavy (non-hydrogen) atoms. The standard InChI is InChI=1S/C15H32/c1-8-12(6)14(9-2)15(10-3)13(7)11(4)5/h11-15H,8-10H2,1-7H3. The molecule has 0 N–H and O–H groups in total. The van der Waals surface area contributed by atoms with E-state index in [-0.39, 0.29) is 0 Å². The van der Waals surface area contributed by atoms with Gasteiger partial charge in [-0.3, -0.25) is 0 Å². The van der Waals surface area contributed by atoms with E-state index in [0.717, 1.165) is 29.6 Å². The Morgan fingerprint density at radius 3 is 1.40 bits per heavy atom. The summed E-state index contributed by atoms with van der Waals surface area (Å²) in [5.41, 5.74) is 0. The first-order valence-electron chi connectivity index (χ1n) is 6.99. The summed E-state index contributed by atoms with van der Waals surface area (Å²) in [4.78, 5) is 0. The second kappa shape index (κ2) is 7.30. The van der Waals surface area contributed by atoms with E-state index in [4.69, 9.17) is 0 Å². The van der Waals surface area contributed by atoms with Crippen molar-refractivity contribution in [2.75, 3.05) is 0 Å². The van der Waals surface area contributed by atoms with Gasteiger partial charge in [0.05, 0.1) is 0 Å². The van der Waals surface area contributed by atoms with Gasteiger partial charge >= 0.3 is 0 Å². The molecule has 0 saturated carbocycles. The molecule has 0 aliphatic carbocycles. The lowest BCUT2D eigenvalue weighted by molar-refractivity contribution is 0.134. The molecule has 0 aromatic rings. The summed E-state index contributed by atoms with van der Waals surface area (Å²) in [6, 6.07) is 0. The van der Waals surface area contributed by atoms with E-state index >= 15 is 0 Å². The van der Waals surface area contributed by atoms with Crippen LogP contribution in [0.15, 0.2) is 0 Å². The van der Waals surface area contributed by atoms with Gasteiger partial charge < -0.3 is 0 Å². The third-order valence-corrected chi connectivity index (χ3v) is 4.59. The first-order chi connectivity index (χ1) is 6.99. The lowest BCUT2D eigenvalue weighted by Crippen LogP contribution is -2.28. The summed E-state index contributed by atoms with van der Waals surface area (Å²) in [5, 5.41) is 0. The second-order valence-corrected chi connectivity index (χ2v) is 5.63. The minimum Gasteiger partial charge on any atom is -0.0651 e. The Labute approximate surface area is 97.8 Å². The molecule has 0 heteroatoms. The largest absolute Gasteiger partial charge is 0.0651 e. The predicted octanol–water partition coefficient (Wildman–Crippen LogP) is 5.38. The normalized spacial score (nSPS) is 20.0. The molecule has 4 unspecified atom stereocenters. The molecular formula is C15H32. The van der Waals surface area contributed by atoms with Gasteiger partial charge in [-0.2, -0.15) is 0 Å². The quantitative estimate of drug-likeness (QED) is 0.531. The molecule has 0 aliphatic heterocycles. The van der Waals surface area contributed by atoms with Crippen LogP contribution in [0.1, 0.15) is 67.7 Å². The molecule has 0 amide bonds. The highest BCUT2D eigenvalue weighted by molar-refractivity contribution is 4.78. The van der Waals surface area contributed by atoms with Gasteiger partial charge in [0.15, 0.2) is 0 Å². The molecule has 0 aliphatic rings. The van der Waals surface area contributed by atoms with Gasteiger partial charge in [-0.1, -0.05) is 67.7 Å². The molecule has 0 saturated heterocycles. The monoisotopic (exact) mass is 212 g/mol. The van der Waals surface area contributed by atoms with Crippen LogP contribution in [0.3, 0.4) is 0 Å². The molecular weight excluding hydrogens is 180 g/mol. The van der Waals surface area contributed by atoms with Crippen molar-refractivity contribution in [3.8, 4) is 0 Å². The molecule has 0 bridgehead atoms. The molecule has 0 aromatic heterocycles. The zero-order valence-corrected chi connectivity index (χ0v) is 12.0. The average molecular weight is 212 g/mol. The van der Waals surface area contributed by atoms with Crippen LogP contribution in [-0.4, -0.2) is 0 Å². The number of hydrogen-bond donors (Lipinski definition) is 0. The second-order valence-electron chi connectivity index (χ2n) is 5.63. The third kappa shape index (κ3) is 4.17. The summed E-state index contributed by atoms with van der Waals surface area (Å²) in [7, 11) is 0. The van der Waals surface area contributed by atoms with Crippen LogP contribution in [0, 0.1) is 29.6 Å². The lowest BCUT2D eigenvalue weighted by atomic mass is 9.69. The Hall–Kier alpha value is 0. The van der Waals surface area contributed by atoms with Crippen LogP contribution in [0.5, 0.6) is 0 Å². The van der Waals surface area contributed by atoms with Crippen LogP contribution < -0.4 is 0 Å². The Kier molecular flexibility index (Phi) is 7.30. The molecule has 0 fully saturated rings. The van der Waals surface area contributed by atoms with Gasteiger partial charge in [0.2, 0.25) is 0 Å². The fraction of sp³-hybridized carbons (Fsp3) is 1.00. The maximum absolute atomic E-state index is 2.45. The highest BCUT2D eigenvalue weighted by Gasteiger charge is 2.28. The van der Waals surface area contributed by atoms with E-state index in [9.17, 15) is 0 Å². The molecule has 0 spiro atoms. The van der Waals surface area contributed by atoms with Crippen LogP contribution >= 0.6 is 0 Å². The highest BCUT2D eigenvalue weighted by Crippen LogP contribution is 2.36. The van der Waals surface area contributed by atoms with Gasteiger partial charge in [-0.25, -0.2) is 0 Å². The number of hydrogen-bond acceptors (Lipinski definition) is 0. The zero-order chi connectivity index (χ0) is 12.0. The van der Waals surface area contributed by atoms with Crippen LogP contribution in [0.2, 0.25) is 0 Å². The predicted molar refractivity (Wildman–Crippen MR) is 71.0 cm³/mol. The molecule has 0 rings (SSSR count). The molecule has 92 valence electrons. The van der Waals surface area contributed by atoms with E-state index in [2.05, 4.69) is 48.5 Å². The molecule has 0 radical (unpaired) electrons. The van der Waals surface area contributed by atoms with E-state index in [0.29, 0.717) is 0 Å². The molecule has 4 atom stereocenters. The molecule has 0 nitrogen and oxygen atoms in total. The maximum atomic E-state index is 2.45. The van der Waals surface area contributed by atoms with Crippen molar-refractivity contribution in [2.45, 2.75) is 67.7 Å². The Bertz CT molecular complexity index is 148. The first-order valence-corrected chi connectivity index (χ1v) is 6.99. The third-order valence-electron chi connectivity index (χ3n) is 4.59. The number of rotatable bonds is 7. The lowest BCUT2D eigenvalue weighted by Gasteiger charge is -2.36. The molecule has 0 aromatic carbocycles. The minimum atomic E-state index is 0.827. The minimum absolute atomic E-state index is 0.827. The summed E-state index contributed by atoms with van der Waals surface area (Å²) < 4.78 is 0. The summed E-state index contributed by atoms with van der Waals surface area (Å²) in [6.07, 6.45) is 4.03. The van der Waals surface area contributed by atoms with Gasteiger partial charge in [0, 0.05) is 0 Å². The molecule has 0 heterocycles. The van der Waals surface area contributed by atoms with Gasteiger partial charge in [-0.15, -0.1) is 0 Å². The van der Waals surface area contributed by atoms with Crippen LogP contribution in [0.4, 0.5) is 0 Å². The van der Waals surface area contributed by atoms with E-state index in [1.807, 2.05) is 0 Å². The first kappa shape index (κ1) is 15.0. The SMILES string of the molecule is CCC(C)C(CC)C(CC)C(C)C(C)C. The summed E-state index contributed by atoms with van der Waals surface area (Å²) >= 11 is 0. The smallest absolute Gasteiger partial charge is 0.0358 e. The average Bonchev–Trinajstić information content (AvgIpc) is 2.23. The summed E-state index contributed by atoms with van der Waals surface area (Å²) in [6.45, 7) is 16.7. The fourth-order valence-corrected chi connectivity index (χ4v) is 2.99. The Morgan fingerprint density at radius 1 is 0.667 bits per heavy atom. The van der Waals surface area contributed by atoms with Crippen molar-refractivity contribution >= 4 is 0 Å². The van der Waals surface area contributed by atoms with E-state index < -0.39 is 0 Å². The van der Waals surface area contributed by atoms with Gasteiger partial charge in [-0.05, 0) is 29.6 Å². The van der Waals surface area contributed by atoms with E-state index in [1.54, 1.807) is 0 Å². The fourth-order valence-electron chi connectivity index (χ4n) is 2.99. The van der Waals surface area contributed by atoms with Crippen LogP contribution in [-0.2, 0) is 0 Å². The van der Waals surface area contributed by atoms with Crippen molar-refractivity contribution in [3.05, 3.63) is 0 Å². The Morgan fingerprint density at radius 2 is 1.13 bits per heavy atom. The summed E-state index contributed by atoms with van der Waals surface area (Å²) in [5.74, 6) is 4.44. The Balaban J connectivity index is 4.59. The van der Waals surface area contributed by atoms with Crippen molar-refractivity contribution < 1.29 is 0 Å². The van der Waals surface area contributed by atoms with Gasteiger partial charge in [0.1, 0.15) is 0 Å². The van der Waals surface area contributed by atoms with Crippen molar-refractivity contribution in [1.29, 1.82) is 0 Å². The van der Waals surface area contributed by atoms with Crippen molar-refractivity contribution in [3.63, 3.8) is 0 Å². The maximum Gasteiger partial charge on any atom is -0.0358 e. The highest BCUT2D eigenvalue weighted by atomic mass is 14.3. The van der Waals surface area contributed by atoms with E-state index in [1.165, 1.54) is 19.3 Å². The van der Waals surface area contributed by atoms with Crippen molar-refractivity contribution in [1.82, 2.24) is 0 Å². The van der Waals surface area contributed by atoms with Crippen LogP contribution in [0.25, 0.3) is 0 Å². The van der Waals surface area contributed by atoms with Crippen molar-refractivity contribution in [2.24, 2.45) is 29.6 Å².